The Balaban J connectivity index is 2.43. The number of benzene rings is 2. The van der Waals surface area contributed by atoms with E-state index in [1.165, 1.54) is 5.56 Å². The molecule has 0 aromatic heterocycles. The van der Waals surface area contributed by atoms with Crippen LogP contribution in [0.15, 0.2) is 72.0 Å². The van der Waals surface area contributed by atoms with E-state index in [2.05, 4.69) is 38.0 Å². The molecule has 2 aromatic carbocycles. The van der Waals surface area contributed by atoms with E-state index in [0.29, 0.717) is 41.0 Å². The molecule has 0 aliphatic rings. The highest BCUT2D eigenvalue weighted by Crippen LogP contribution is 2.24. The lowest BCUT2D eigenvalue weighted by Crippen LogP contribution is -2.36. The molecule has 5 nitrogen and oxygen atoms in total. The number of amides is 1. The van der Waals surface area contributed by atoms with Crippen LogP contribution in [0.3, 0.4) is 0 Å². The molecule has 0 heterocycles. The van der Waals surface area contributed by atoms with Crippen molar-refractivity contribution in [1.82, 2.24) is 4.90 Å². The molecular weight excluding hydrogens is 458 g/mol. The van der Waals surface area contributed by atoms with Crippen LogP contribution >= 0.6 is 11.6 Å². The van der Waals surface area contributed by atoms with E-state index in [-0.39, 0.29) is 5.91 Å². The molecule has 35 heavy (non-hydrogen) atoms. The fourth-order valence-electron chi connectivity index (χ4n) is 3.77. The van der Waals surface area contributed by atoms with Crippen LogP contribution in [-0.2, 0) is 11.2 Å². The zero-order chi connectivity index (χ0) is 26.0. The van der Waals surface area contributed by atoms with Gasteiger partial charge in [-0.05, 0) is 68.1 Å². The number of nitrogens with zero attached hydrogens (tertiary/aromatic N) is 3. The van der Waals surface area contributed by atoms with Gasteiger partial charge in [-0.2, -0.15) is 0 Å². The third-order valence-corrected chi connectivity index (χ3v) is 6.15. The summed E-state index contributed by atoms with van der Waals surface area (Å²) in [6, 6.07) is 13.1. The molecule has 0 bridgehead atoms. The number of aliphatic imine (C=N–C) groups is 1. The van der Waals surface area contributed by atoms with Gasteiger partial charge in [0.1, 0.15) is 5.84 Å². The number of carbonyl (C=O) groups excluding carboxylic acids is 1. The number of aryl methyl sites for hydroxylation is 2. The van der Waals surface area contributed by atoms with Gasteiger partial charge in [-0.25, -0.2) is 4.99 Å². The summed E-state index contributed by atoms with van der Waals surface area (Å²) in [6.07, 6.45) is 3.01. The van der Waals surface area contributed by atoms with Crippen LogP contribution in [0, 0.1) is 6.92 Å². The van der Waals surface area contributed by atoms with Gasteiger partial charge in [-0.3, -0.25) is 9.69 Å². The van der Waals surface area contributed by atoms with Crippen molar-refractivity contribution in [2.45, 2.75) is 47.0 Å². The summed E-state index contributed by atoms with van der Waals surface area (Å²) >= 11 is 6.12. The quantitative estimate of drug-likeness (QED) is 0.180. The molecule has 0 unspecified atom stereocenters. The molecular formula is C29H38ClN3O2. The highest BCUT2D eigenvalue weighted by molar-refractivity contribution is 6.30. The summed E-state index contributed by atoms with van der Waals surface area (Å²) in [4.78, 5) is 22.3. The minimum atomic E-state index is -0.158. The maximum Gasteiger partial charge on any atom is 0.264 e. The molecule has 0 saturated carbocycles. The third-order valence-electron chi connectivity index (χ3n) is 5.90. The van der Waals surface area contributed by atoms with Gasteiger partial charge in [0.2, 0.25) is 0 Å². The van der Waals surface area contributed by atoms with Gasteiger partial charge in [0, 0.05) is 30.8 Å². The number of rotatable bonds is 12. The van der Waals surface area contributed by atoms with E-state index in [0.717, 1.165) is 37.1 Å². The van der Waals surface area contributed by atoms with E-state index in [1.807, 2.05) is 38.1 Å². The molecule has 0 N–H and O–H groups in total. The van der Waals surface area contributed by atoms with Gasteiger partial charge in [0.25, 0.3) is 5.91 Å². The Bertz CT molecular complexity index is 1050. The first kappa shape index (κ1) is 28.3. The Morgan fingerprint density at radius 1 is 1.09 bits per heavy atom. The van der Waals surface area contributed by atoms with Crippen LogP contribution < -0.4 is 4.90 Å². The number of carbonyl (C=O) groups is 1. The summed E-state index contributed by atoms with van der Waals surface area (Å²) in [5.74, 6) is 0.346. The Morgan fingerprint density at radius 3 is 2.34 bits per heavy atom. The van der Waals surface area contributed by atoms with Crippen LogP contribution in [0.4, 0.5) is 5.69 Å². The fraction of sp³-hybridized carbons (Fsp3) is 0.379. The van der Waals surface area contributed by atoms with E-state index in [9.17, 15) is 4.79 Å². The zero-order valence-electron chi connectivity index (χ0n) is 21.7. The highest BCUT2D eigenvalue weighted by atomic mass is 35.5. The van der Waals surface area contributed by atoms with Crippen molar-refractivity contribution in [2.24, 2.45) is 4.99 Å². The van der Waals surface area contributed by atoms with Crippen molar-refractivity contribution >= 4 is 29.0 Å². The van der Waals surface area contributed by atoms with Crippen LogP contribution in [0.5, 0.6) is 0 Å². The molecule has 2 rings (SSSR count). The largest absolute Gasteiger partial charge is 0.383 e. The lowest BCUT2D eigenvalue weighted by atomic mass is 10.0. The maximum absolute atomic E-state index is 13.8. The molecule has 6 heteroatoms. The second-order valence-electron chi connectivity index (χ2n) is 8.51. The van der Waals surface area contributed by atoms with Crippen molar-refractivity contribution in [2.75, 3.05) is 31.7 Å². The van der Waals surface area contributed by atoms with E-state index < -0.39 is 0 Å². The standard InChI is InChI=1S/C29H38ClN3O2/c1-8-10-17-32(18-19-35-7)23(5)22(4)31-24(6)33(27-14-12-26(30)13-15-27)29(34)28-16-11-25(9-2)20-21(28)3/h11-16,20H,4-5,8-10,17-19H2,1-3,6-7H3. The van der Waals surface area contributed by atoms with Crippen molar-refractivity contribution < 1.29 is 9.53 Å². The SMILES string of the molecule is C=C(N=C(C)N(C(=O)c1ccc(CC)cc1C)c1ccc(Cl)cc1)C(=C)N(CCCC)CCOC. The Labute approximate surface area is 215 Å². The number of unbranched alkanes of at least 4 members (excludes halogenated alkanes) is 1. The Kier molecular flexibility index (Phi) is 11.2. The predicted octanol–water partition coefficient (Wildman–Crippen LogP) is 7.05. The first-order valence-electron chi connectivity index (χ1n) is 12.1. The predicted molar refractivity (Wildman–Crippen MR) is 149 cm³/mol. The number of halogens is 1. The zero-order valence-corrected chi connectivity index (χ0v) is 22.5. The summed E-state index contributed by atoms with van der Waals surface area (Å²) in [5, 5.41) is 0.599. The van der Waals surface area contributed by atoms with E-state index >= 15 is 0 Å². The molecule has 0 spiro atoms. The molecule has 0 fully saturated rings. The smallest absolute Gasteiger partial charge is 0.264 e. The molecule has 2 aromatic rings. The average molecular weight is 496 g/mol. The Morgan fingerprint density at radius 2 is 1.77 bits per heavy atom. The topological polar surface area (TPSA) is 45.1 Å². The number of hydrogen-bond donors (Lipinski definition) is 0. The van der Waals surface area contributed by atoms with Gasteiger partial charge < -0.3 is 9.64 Å². The molecule has 0 atom stereocenters. The monoisotopic (exact) mass is 495 g/mol. The van der Waals surface area contributed by atoms with Crippen molar-refractivity contribution in [1.29, 1.82) is 0 Å². The van der Waals surface area contributed by atoms with Crippen molar-refractivity contribution in [3.8, 4) is 0 Å². The number of amidine groups is 1. The molecule has 188 valence electrons. The molecule has 0 radical (unpaired) electrons. The van der Waals surface area contributed by atoms with Crippen LogP contribution in [0.25, 0.3) is 0 Å². The first-order valence-corrected chi connectivity index (χ1v) is 12.5. The summed E-state index contributed by atoms with van der Waals surface area (Å²) in [7, 11) is 1.68. The van der Waals surface area contributed by atoms with Crippen LogP contribution in [-0.4, -0.2) is 43.4 Å². The van der Waals surface area contributed by atoms with Gasteiger partial charge in [0.15, 0.2) is 0 Å². The molecule has 0 aliphatic heterocycles. The van der Waals surface area contributed by atoms with Crippen LogP contribution in [0.2, 0.25) is 5.02 Å². The van der Waals surface area contributed by atoms with Crippen molar-refractivity contribution in [3.05, 3.63) is 88.7 Å². The van der Waals surface area contributed by atoms with Gasteiger partial charge in [-0.1, -0.05) is 57.2 Å². The second-order valence-corrected chi connectivity index (χ2v) is 8.94. The average Bonchev–Trinajstić information content (AvgIpc) is 2.84. The van der Waals surface area contributed by atoms with Crippen LogP contribution in [0.1, 0.15) is 55.1 Å². The third kappa shape index (κ3) is 7.81. The number of methoxy groups -OCH3 is 1. The normalized spacial score (nSPS) is 11.3. The Hall–Kier alpha value is -2.89. The number of hydrogen-bond acceptors (Lipinski definition) is 4. The summed E-state index contributed by atoms with van der Waals surface area (Å²) < 4.78 is 5.27. The number of ether oxygens (including phenoxy) is 1. The fourth-order valence-corrected chi connectivity index (χ4v) is 3.90. The molecule has 0 saturated heterocycles. The minimum absolute atomic E-state index is 0.158. The number of anilines is 1. The van der Waals surface area contributed by atoms with E-state index in [4.69, 9.17) is 21.3 Å². The van der Waals surface area contributed by atoms with Gasteiger partial charge in [0.05, 0.1) is 23.7 Å². The lowest BCUT2D eigenvalue weighted by Gasteiger charge is -2.28. The molecule has 0 aliphatic carbocycles. The minimum Gasteiger partial charge on any atom is -0.383 e. The lowest BCUT2D eigenvalue weighted by molar-refractivity contribution is 0.100. The highest BCUT2D eigenvalue weighted by Gasteiger charge is 2.23. The van der Waals surface area contributed by atoms with Gasteiger partial charge in [-0.15, -0.1) is 0 Å². The summed E-state index contributed by atoms with van der Waals surface area (Å²) in [5.41, 5.74) is 4.66. The maximum atomic E-state index is 13.8. The van der Waals surface area contributed by atoms with Crippen molar-refractivity contribution in [3.63, 3.8) is 0 Å². The second kappa shape index (κ2) is 13.9. The van der Waals surface area contributed by atoms with E-state index in [1.54, 1.807) is 24.1 Å². The molecule has 1 amide bonds. The summed E-state index contributed by atoms with van der Waals surface area (Å²) in [6.45, 7) is 18.6. The first-order chi connectivity index (χ1) is 16.7. The van der Waals surface area contributed by atoms with Gasteiger partial charge >= 0.3 is 0 Å².